The minimum Gasteiger partial charge on any atom is -0.463 e. The molecule has 0 saturated carbocycles. The van der Waals surface area contributed by atoms with Gasteiger partial charge in [0.15, 0.2) is 42.5 Å². The molecule has 0 bridgehead atoms. The largest absolute Gasteiger partial charge is 0.481 e. The third-order valence-electron chi connectivity index (χ3n) is 14.7. The molecule has 0 radical (unpaired) electrons. The molecule has 4 fully saturated rings. The first-order valence-electron chi connectivity index (χ1n) is 27.0. The van der Waals surface area contributed by atoms with Crippen LogP contribution in [0.4, 0.5) is 14.6 Å². The van der Waals surface area contributed by atoms with Crippen LogP contribution < -0.4 is 17.2 Å². The van der Waals surface area contributed by atoms with E-state index in [4.69, 9.17) is 96.4 Å². The molecule has 7 heterocycles. The summed E-state index contributed by atoms with van der Waals surface area (Å²) in [5.74, 6) is -6.66. The summed E-state index contributed by atoms with van der Waals surface area (Å²) in [5.41, 5.74) is 17.1. The number of phosphoric ester groups is 2. The Bertz CT molecular complexity index is 3240. The van der Waals surface area contributed by atoms with Gasteiger partial charge in [-0.15, -0.1) is 0 Å². The second kappa shape index (κ2) is 31.1. The summed E-state index contributed by atoms with van der Waals surface area (Å²) >= 11 is 9.64. The van der Waals surface area contributed by atoms with E-state index >= 15 is 0 Å². The Hall–Kier alpha value is -4.19. The first kappa shape index (κ1) is 75.8. The molecule has 91 heavy (non-hydrogen) atoms. The number of amides is 1. The lowest BCUT2D eigenvalue weighted by atomic mass is 9.82. The van der Waals surface area contributed by atoms with Gasteiger partial charge in [0.1, 0.15) is 68.1 Å². The second-order valence-corrected chi connectivity index (χ2v) is 30.0. The highest BCUT2D eigenvalue weighted by molar-refractivity contribution is 8.08. The number of halogens is 2. The number of carbonyl (C=O) groups is 5. The zero-order valence-corrected chi connectivity index (χ0v) is 54.4. The maximum atomic E-state index is 15.0. The molecule has 1 amide bonds. The van der Waals surface area contributed by atoms with Gasteiger partial charge in [0.2, 0.25) is 18.5 Å². The summed E-state index contributed by atoms with van der Waals surface area (Å²) in [6, 6.07) is -1.20. The molecule has 5 aliphatic heterocycles. The number of anilines is 1. The van der Waals surface area contributed by atoms with Gasteiger partial charge in [-0.05, 0) is 35.4 Å². The van der Waals surface area contributed by atoms with E-state index in [1.807, 2.05) is 0 Å². The number of phosphoric acid groups is 2. The molecule has 2 aromatic heterocycles. The number of nitrogens with zero attached hydrogens (tertiary/aromatic N) is 5. The number of aromatic nitrogens is 4. The highest BCUT2D eigenvalue weighted by atomic mass is 32.5. The molecule has 25 atom stereocenters. The maximum absolute atomic E-state index is 15.0. The van der Waals surface area contributed by atoms with Crippen molar-refractivity contribution < 1.29 is 146 Å². The number of rotatable bonds is 25. The van der Waals surface area contributed by atoms with E-state index in [9.17, 15) is 81.9 Å². The SMILES string of the molecule is CC(=O)OC[C@H](F)C1O[C@@H](OP(=O)(O)OP(O)(=S)OC[C@H]2O[C@@H](C3=C(N)C(C(N)=O)N=C3)C(O)[C@H]2O)C(OC(C)=O)[C@@H](C)[C@@H]1C.CC(=O)OC[C@H](F)C1O[C@@H](OP(=O)(O)OP(O)(=S)OC[C@H]2O[C@@H](n3ncc4c(N)ncnc43)C(O)[C@H]2O)C(OC(C)=O)[C@@H](C)[C@@H]1C. The highest BCUT2D eigenvalue weighted by Gasteiger charge is 2.54. The van der Waals surface area contributed by atoms with E-state index in [-0.39, 0.29) is 22.7 Å². The average Bonchev–Trinajstić information content (AvgIpc) is 1.78. The Morgan fingerprint density at radius 3 is 1.55 bits per heavy atom. The number of alkyl halides is 2. The van der Waals surface area contributed by atoms with Crippen molar-refractivity contribution >= 4 is 106 Å². The van der Waals surface area contributed by atoms with Crippen LogP contribution in [0.1, 0.15) is 61.6 Å². The molecule has 514 valence electrons. The van der Waals surface area contributed by atoms with Crippen molar-refractivity contribution in [2.45, 2.75) is 160 Å². The van der Waals surface area contributed by atoms with Gasteiger partial charge < -0.3 is 104 Å². The summed E-state index contributed by atoms with van der Waals surface area (Å²) in [7, 11) is -10.8. The van der Waals surface area contributed by atoms with Crippen molar-refractivity contribution in [3.8, 4) is 0 Å². The number of hydrogen-bond donors (Lipinski definition) is 11. The molecule has 5 aliphatic rings. The summed E-state index contributed by atoms with van der Waals surface area (Å²) in [5, 5.41) is 46.5. The third kappa shape index (κ3) is 19.5. The number of aliphatic hydroxyl groups excluding tert-OH is 4. The van der Waals surface area contributed by atoms with Crippen LogP contribution in [-0.2, 0) is 121 Å². The summed E-state index contributed by atoms with van der Waals surface area (Å²) in [6.45, 7) is -1.79. The number of fused-ring (bicyclic) bond motifs is 1. The number of aliphatic imine (C=N–C) groups is 1. The van der Waals surface area contributed by atoms with Crippen molar-refractivity contribution in [1.82, 2.24) is 19.7 Å². The molecule has 4 saturated heterocycles. The average molecular weight is 1430 g/mol. The molecule has 45 heteroatoms. The van der Waals surface area contributed by atoms with E-state index in [0.717, 1.165) is 44.9 Å². The molecule has 37 nitrogen and oxygen atoms in total. The Labute approximate surface area is 525 Å². The number of nitrogens with two attached hydrogens (primary N) is 3. The fraction of sp³-hybridized carbons (Fsp3) is 0.717. The molecule has 0 aromatic carbocycles. The van der Waals surface area contributed by atoms with Crippen LogP contribution in [-0.4, -0.2) is 220 Å². The Kier molecular flexibility index (Phi) is 25.9. The Morgan fingerprint density at radius 1 is 0.670 bits per heavy atom. The van der Waals surface area contributed by atoms with Crippen molar-refractivity contribution in [1.29, 1.82) is 0 Å². The fourth-order valence-electron chi connectivity index (χ4n) is 9.85. The van der Waals surface area contributed by atoms with Gasteiger partial charge in [0.25, 0.3) is 0 Å². The van der Waals surface area contributed by atoms with Crippen LogP contribution in [0.25, 0.3) is 11.0 Å². The first-order chi connectivity index (χ1) is 42.1. The molecule has 11 unspecified atom stereocenters. The van der Waals surface area contributed by atoms with Crippen LogP contribution in [0.2, 0.25) is 0 Å². The van der Waals surface area contributed by atoms with Crippen LogP contribution in [0.5, 0.6) is 0 Å². The third-order valence-corrected chi connectivity index (χ3v) is 21.7. The Morgan fingerprint density at radius 2 is 1.12 bits per heavy atom. The maximum Gasteiger partial charge on any atom is 0.481 e. The van der Waals surface area contributed by atoms with Gasteiger partial charge in [0, 0.05) is 51.3 Å². The first-order valence-corrected chi connectivity index (χ1v) is 35.2. The van der Waals surface area contributed by atoms with E-state index in [1.165, 1.54) is 13.1 Å². The second-order valence-electron chi connectivity index (χ2n) is 21.2. The number of carbonyl (C=O) groups excluding carboxylic acids is 5. The zero-order valence-electron chi connectivity index (χ0n) is 49.2. The number of hydrogen-bond acceptors (Lipinski definition) is 33. The number of esters is 4. The lowest BCUT2D eigenvalue weighted by Gasteiger charge is -2.44. The van der Waals surface area contributed by atoms with Crippen LogP contribution in [0.3, 0.4) is 0 Å². The fourth-order valence-corrected chi connectivity index (χ4v) is 16.0. The van der Waals surface area contributed by atoms with E-state index in [2.05, 4.69) is 29.1 Å². The summed E-state index contributed by atoms with van der Waals surface area (Å²) in [6.07, 6.45) is -21.2. The van der Waals surface area contributed by atoms with E-state index < -0.39 is 213 Å². The minimum atomic E-state index is -5.43. The number of aliphatic hydroxyl groups is 4. The molecule has 0 spiro atoms. The van der Waals surface area contributed by atoms with Crippen molar-refractivity contribution in [3.63, 3.8) is 0 Å². The predicted molar refractivity (Wildman–Crippen MR) is 306 cm³/mol. The van der Waals surface area contributed by atoms with Crippen LogP contribution in [0.15, 0.2) is 28.8 Å². The molecule has 2 aromatic rings. The molecule has 0 aliphatic carbocycles. The number of nitrogen functional groups attached to an aromatic ring is 1. The normalized spacial score (nSPS) is 34.9. The molecular weight excluding hydrogens is 1350 g/mol. The number of ether oxygens (including phenoxy) is 8. The van der Waals surface area contributed by atoms with Crippen molar-refractivity contribution in [2.24, 2.45) is 40.1 Å². The standard InChI is InChI=1S/C23H34FN5O14P2S.C23H36FN3O15P2S/c1-9-10(2)19(39-12(4)31)23(41-18(9)14(24)6-37-11(3)30)42-44(34,35)43-45(36,46)38-7-15-16(32)17(33)22(40-15)29-21-13(5-28-29)20(25)26-8-27-21;1-8-9(2)20(38-11(4)29)23(40-19(8)13(24)6-36-10(3)28)41-43(33,34)42-44(35,45)37-7-14-17(30)18(31)21(39-14)12-5-27-16(15(12)25)22(26)32/h5,8-10,14-19,22-23,32-33H,6-7H2,1-4H3,(H,34,35)(H,36,46)(H2,25,26,27);5,8-9,13-14,16-21,23,30-31H,6-7,25H2,1-4H3,(H2,26,32)(H,33,34)(H,35,45)/t9-,10-,14-,15+,16-,17?,18?,19?,22+,23-,45?;8-,9-,13-,14+,16?,17-,18?,19?,20?,21-,23-,44?/m00/s1. The quantitative estimate of drug-likeness (QED) is 0.0324. The molecule has 7 rings (SSSR count). The van der Waals surface area contributed by atoms with Gasteiger partial charge in [-0.25, -0.2) is 41.2 Å². The van der Waals surface area contributed by atoms with Gasteiger partial charge in [-0.2, -0.15) is 5.10 Å². The summed E-state index contributed by atoms with van der Waals surface area (Å²) in [4.78, 5) is 111. The van der Waals surface area contributed by atoms with Gasteiger partial charge in [-0.3, -0.25) is 38.0 Å². The molecular formula is C46H70F2N8O29P4S2. The van der Waals surface area contributed by atoms with Crippen molar-refractivity contribution in [2.75, 3.05) is 32.2 Å². The van der Waals surface area contributed by atoms with Gasteiger partial charge in [0.05, 0.1) is 42.7 Å². The van der Waals surface area contributed by atoms with Crippen molar-refractivity contribution in [3.05, 3.63) is 23.8 Å². The lowest BCUT2D eigenvalue weighted by Crippen LogP contribution is -2.55. The highest BCUT2D eigenvalue weighted by Crippen LogP contribution is 2.63. The Balaban J connectivity index is 0.000000289. The zero-order chi connectivity index (χ0) is 68.2. The number of primary amides is 1. The smallest absolute Gasteiger partial charge is 0.463 e. The monoisotopic (exact) mass is 1420 g/mol. The van der Waals surface area contributed by atoms with Crippen LogP contribution in [0, 0.1) is 23.7 Å². The van der Waals surface area contributed by atoms with E-state index in [1.54, 1.807) is 20.8 Å². The van der Waals surface area contributed by atoms with Gasteiger partial charge >= 0.3 is 53.0 Å². The minimum absolute atomic E-state index is 0.0702. The molecule has 14 N–H and O–H groups in total. The van der Waals surface area contributed by atoms with Gasteiger partial charge in [-0.1, -0.05) is 27.7 Å². The lowest BCUT2D eigenvalue weighted by molar-refractivity contribution is -0.262. The predicted octanol–water partition coefficient (Wildman–Crippen LogP) is -0.952. The van der Waals surface area contributed by atoms with Crippen LogP contribution >= 0.6 is 29.1 Å². The summed E-state index contributed by atoms with van der Waals surface area (Å²) < 4.78 is 129. The van der Waals surface area contributed by atoms with E-state index in [0.29, 0.717) is 5.39 Å². The topological polar surface area (TPSA) is 545 Å².